The van der Waals surface area contributed by atoms with Crippen LogP contribution in [0.1, 0.15) is 24.5 Å². The van der Waals surface area contributed by atoms with Gasteiger partial charge in [0.05, 0.1) is 5.54 Å². The third-order valence-electron chi connectivity index (χ3n) is 3.06. The average Bonchev–Trinajstić information content (AvgIpc) is 2.40. The fraction of sp³-hybridized carbons (Fsp3) is 0.200. The van der Waals surface area contributed by atoms with Crippen molar-refractivity contribution in [1.29, 1.82) is 0 Å². The lowest BCUT2D eigenvalue weighted by molar-refractivity contribution is 0.499. The highest BCUT2D eigenvalue weighted by Crippen LogP contribution is 2.31. The number of nitrogens with one attached hydrogen (secondary N) is 1. The van der Waals surface area contributed by atoms with Gasteiger partial charge in [0.15, 0.2) is 0 Å². The zero-order valence-corrected chi connectivity index (χ0v) is 9.48. The van der Waals surface area contributed by atoms with Crippen molar-refractivity contribution in [3.63, 3.8) is 0 Å². The minimum atomic E-state index is -0.622. The summed E-state index contributed by atoms with van der Waals surface area (Å²) < 4.78 is 0. The van der Waals surface area contributed by atoms with E-state index in [1.165, 1.54) is 0 Å². The van der Waals surface area contributed by atoms with Gasteiger partial charge in [-0.15, -0.1) is 0 Å². The first-order valence-electron chi connectivity index (χ1n) is 5.63. The molecule has 0 spiro atoms. The molecule has 0 saturated heterocycles. The van der Waals surface area contributed by atoms with Crippen LogP contribution < -0.4 is 5.73 Å². The Balaban J connectivity index is 2.49. The fourth-order valence-electron chi connectivity index (χ4n) is 2.02. The van der Waals surface area contributed by atoms with E-state index in [0.717, 1.165) is 17.5 Å². The van der Waals surface area contributed by atoms with Gasteiger partial charge < -0.3 is 0 Å². The smallest absolute Gasteiger partial charge is 0.0819 e. The molecule has 81 valence electrons. The zero-order chi connectivity index (χ0) is 11.4. The maximum absolute atomic E-state index is 8.65. The highest BCUT2D eigenvalue weighted by Gasteiger charge is 2.27. The molecule has 0 atom stereocenters. The van der Waals surface area contributed by atoms with Crippen LogP contribution in [0.5, 0.6) is 0 Å². The molecule has 1 radical (unpaired) electrons. The van der Waals surface area contributed by atoms with Crippen molar-refractivity contribution in [3.8, 4) is 0 Å². The van der Waals surface area contributed by atoms with Gasteiger partial charge in [0, 0.05) is 0 Å². The van der Waals surface area contributed by atoms with E-state index in [9.17, 15) is 0 Å². The highest BCUT2D eigenvalue weighted by atomic mass is 14.7. The lowest BCUT2D eigenvalue weighted by atomic mass is 9.82. The molecule has 0 fully saturated rings. The summed E-state index contributed by atoms with van der Waals surface area (Å²) in [4.78, 5) is 0. The number of hydrogen-bond acceptors (Lipinski definition) is 0. The second kappa shape index (κ2) is 4.50. The van der Waals surface area contributed by atoms with Crippen molar-refractivity contribution in [2.75, 3.05) is 0 Å². The van der Waals surface area contributed by atoms with Gasteiger partial charge in [-0.25, -0.2) is 5.73 Å². The Morgan fingerprint density at radius 1 is 0.812 bits per heavy atom. The summed E-state index contributed by atoms with van der Waals surface area (Å²) in [5, 5.41) is 0. The number of benzene rings is 2. The normalized spacial score (nSPS) is 11.4. The molecule has 0 heterocycles. The maximum Gasteiger partial charge on any atom is 0.0819 e. The second-order valence-corrected chi connectivity index (χ2v) is 3.99. The molecule has 0 amide bonds. The van der Waals surface area contributed by atoms with E-state index in [2.05, 4.69) is 6.92 Å². The maximum atomic E-state index is 8.65. The molecule has 1 nitrogen and oxygen atoms in total. The Kier molecular flexibility index (Phi) is 3.07. The van der Waals surface area contributed by atoms with Crippen molar-refractivity contribution in [1.82, 2.24) is 5.73 Å². The SMILES string of the molecule is CCC([NH])(c1ccccc1)c1ccccc1. The summed E-state index contributed by atoms with van der Waals surface area (Å²) in [7, 11) is 0. The van der Waals surface area contributed by atoms with Gasteiger partial charge in [0.1, 0.15) is 0 Å². The summed E-state index contributed by atoms with van der Waals surface area (Å²) in [5.41, 5.74) is 10.1. The predicted molar refractivity (Wildman–Crippen MR) is 67.1 cm³/mol. The van der Waals surface area contributed by atoms with Gasteiger partial charge >= 0.3 is 0 Å². The van der Waals surface area contributed by atoms with Crippen molar-refractivity contribution in [3.05, 3.63) is 71.8 Å². The highest BCUT2D eigenvalue weighted by molar-refractivity contribution is 5.37. The minimum Gasteiger partial charge on any atom is -0.242 e. The molecule has 0 aliphatic carbocycles. The number of hydrogen-bond donors (Lipinski definition) is 0. The molecule has 0 aliphatic rings. The molecule has 0 aromatic heterocycles. The zero-order valence-electron chi connectivity index (χ0n) is 9.48. The molecular weight excluding hydrogens is 194 g/mol. The van der Waals surface area contributed by atoms with Crippen LogP contribution in [0.2, 0.25) is 0 Å². The van der Waals surface area contributed by atoms with E-state index < -0.39 is 5.54 Å². The largest absolute Gasteiger partial charge is 0.242 e. The Morgan fingerprint density at radius 3 is 1.50 bits per heavy atom. The van der Waals surface area contributed by atoms with Gasteiger partial charge in [-0.05, 0) is 17.5 Å². The molecule has 2 rings (SSSR count). The second-order valence-electron chi connectivity index (χ2n) is 3.99. The Bertz CT molecular complexity index is 394. The van der Waals surface area contributed by atoms with E-state index in [1.807, 2.05) is 60.7 Å². The van der Waals surface area contributed by atoms with Crippen molar-refractivity contribution in [2.45, 2.75) is 18.9 Å². The van der Waals surface area contributed by atoms with Crippen molar-refractivity contribution >= 4 is 0 Å². The summed E-state index contributed by atoms with van der Waals surface area (Å²) in [6.45, 7) is 2.06. The fourth-order valence-corrected chi connectivity index (χ4v) is 2.02. The molecule has 2 aromatic rings. The lowest BCUT2D eigenvalue weighted by Crippen LogP contribution is -2.28. The van der Waals surface area contributed by atoms with E-state index >= 15 is 0 Å². The molecular formula is C15H16N. The van der Waals surface area contributed by atoms with Gasteiger partial charge in [0.25, 0.3) is 0 Å². The molecule has 0 bridgehead atoms. The quantitative estimate of drug-likeness (QED) is 0.739. The standard InChI is InChI=1S/C15H16N/c1-2-15(16,13-9-5-3-6-10-13)14-11-7-4-8-12-14/h3-12,16H,2H2,1H3. The molecule has 1 heteroatoms. The van der Waals surface area contributed by atoms with Crippen LogP contribution >= 0.6 is 0 Å². The first kappa shape index (κ1) is 10.9. The van der Waals surface area contributed by atoms with Gasteiger partial charge in [-0.1, -0.05) is 67.6 Å². The van der Waals surface area contributed by atoms with Crippen LogP contribution in [0.15, 0.2) is 60.7 Å². The monoisotopic (exact) mass is 210 g/mol. The lowest BCUT2D eigenvalue weighted by Gasteiger charge is -2.28. The summed E-state index contributed by atoms with van der Waals surface area (Å²) >= 11 is 0. The topological polar surface area (TPSA) is 23.8 Å². The molecule has 1 N–H and O–H groups in total. The van der Waals surface area contributed by atoms with E-state index in [1.54, 1.807) is 0 Å². The predicted octanol–water partition coefficient (Wildman–Crippen LogP) is 3.62. The van der Waals surface area contributed by atoms with Crippen LogP contribution in [0.3, 0.4) is 0 Å². The molecule has 2 aromatic carbocycles. The molecule has 0 saturated carbocycles. The third-order valence-corrected chi connectivity index (χ3v) is 3.06. The Morgan fingerprint density at radius 2 is 1.19 bits per heavy atom. The van der Waals surface area contributed by atoms with E-state index in [4.69, 9.17) is 5.73 Å². The number of rotatable bonds is 3. The molecule has 0 unspecified atom stereocenters. The van der Waals surface area contributed by atoms with Crippen LogP contribution in [0.25, 0.3) is 0 Å². The van der Waals surface area contributed by atoms with Crippen LogP contribution in [0.4, 0.5) is 0 Å². The van der Waals surface area contributed by atoms with Gasteiger partial charge in [-0.2, -0.15) is 0 Å². The van der Waals surface area contributed by atoms with E-state index in [-0.39, 0.29) is 0 Å². The van der Waals surface area contributed by atoms with Crippen molar-refractivity contribution in [2.24, 2.45) is 0 Å². The Labute approximate surface area is 96.9 Å². The molecule has 0 aliphatic heterocycles. The summed E-state index contributed by atoms with van der Waals surface area (Å²) in [5.74, 6) is 0. The average molecular weight is 210 g/mol. The summed E-state index contributed by atoms with van der Waals surface area (Å²) in [6.07, 6.45) is 0.779. The van der Waals surface area contributed by atoms with Crippen molar-refractivity contribution < 1.29 is 0 Å². The van der Waals surface area contributed by atoms with Gasteiger partial charge in [-0.3, -0.25) is 0 Å². The minimum absolute atomic E-state index is 0.622. The van der Waals surface area contributed by atoms with E-state index in [0.29, 0.717) is 0 Å². The first-order chi connectivity index (χ1) is 7.77. The van der Waals surface area contributed by atoms with Crippen LogP contribution in [-0.4, -0.2) is 0 Å². The summed E-state index contributed by atoms with van der Waals surface area (Å²) in [6, 6.07) is 20.1. The first-order valence-corrected chi connectivity index (χ1v) is 5.63. The van der Waals surface area contributed by atoms with Gasteiger partial charge in [0.2, 0.25) is 0 Å². The molecule has 16 heavy (non-hydrogen) atoms. The third kappa shape index (κ3) is 1.86. The Hall–Kier alpha value is -1.60. The van der Waals surface area contributed by atoms with Crippen LogP contribution in [0, 0.1) is 0 Å². The van der Waals surface area contributed by atoms with Crippen LogP contribution in [-0.2, 0) is 5.54 Å².